The molecular weight excluding hydrogens is 250 g/mol. The number of nitrogens with one attached hydrogen (secondary N) is 1. The number of hydrogen-bond acceptors (Lipinski definition) is 6. The molecule has 6 heteroatoms. The summed E-state index contributed by atoms with van der Waals surface area (Å²) in [5.74, 6) is 0.0728. The highest BCUT2D eigenvalue weighted by molar-refractivity contribution is 7.03. The van der Waals surface area contributed by atoms with Crippen molar-refractivity contribution in [1.29, 1.82) is 0 Å². The van der Waals surface area contributed by atoms with E-state index in [1.54, 1.807) is 0 Å². The minimum absolute atomic E-state index is 0.0281. The second-order valence-corrected chi connectivity index (χ2v) is 5.19. The molecule has 0 bridgehead atoms. The number of aromatic nitrogens is 2. The average molecular weight is 269 g/mol. The molecule has 1 N–H and O–H groups in total. The fourth-order valence-electron chi connectivity index (χ4n) is 2.30. The number of hydrogen-bond donors (Lipinski definition) is 1. The normalized spacial score (nSPS) is 23.8. The number of carbonyl (C=O) groups excluding carboxylic acids is 1. The molecule has 18 heavy (non-hydrogen) atoms. The van der Waals surface area contributed by atoms with Gasteiger partial charge in [0.15, 0.2) is 0 Å². The van der Waals surface area contributed by atoms with E-state index in [1.165, 1.54) is 11.5 Å². The quantitative estimate of drug-likeness (QED) is 0.825. The van der Waals surface area contributed by atoms with E-state index in [1.807, 2.05) is 12.3 Å². The summed E-state index contributed by atoms with van der Waals surface area (Å²) >= 11 is 1.37. The van der Waals surface area contributed by atoms with Gasteiger partial charge in [0, 0.05) is 18.0 Å². The molecule has 0 saturated heterocycles. The molecule has 2 rings (SSSR count). The Morgan fingerprint density at radius 2 is 2.28 bits per heavy atom. The van der Waals surface area contributed by atoms with Crippen LogP contribution in [-0.4, -0.2) is 28.2 Å². The van der Waals surface area contributed by atoms with Crippen LogP contribution in [0.15, 0.2) is 5.38 Å². The highest BCUT2D eigenvalue weighted by atomic mass is 32.1. The van der Waals surface area contributed by atoms with Crippen LogP contribution in [0.25, 0.3) is 0 Å². The largest absolute Gasteiger partial charge is 0.466 e. The second kappa shape index (κ2) is 6.80. The first kappa shape index (κ1) is 13.4. The average Bonchev–Trinajstić information content (AvgIpc) is 2.90. The maximum Gasteiger partial charge on any atom is 0.308 e. The first-order valence-corrected chi connectivity index (χ1v) is 7.29. The predicted octanol–water partition coefficient (Wildman–Crippen LogP) is 1.75. The third kappa shape index (κ3) is 3.74. The Hall–Kier alpha value is -1.01. The zero-order chi connectivity index (χ0) is 12.8. The highest BCUT2D eigenvalue weighted by Crippen LogP contribution is 2.25. The van der Waals surface area contributed by atoms with Crippen LogP contribution in [0.4, 0.5) is 0 Å². The van der Waals surface area contributed by atoms with Gasteiger partial charge in [-0.25, -0.2) is 0 Å². The summed E-state index contributed by atoms with van der Waals surface area (Å²) in [4.78, 5) is 11.6. The fraction of sp³-hybridized carbons (Fsp3) is 0.750. The van der Waals surface area contributed by atoms with E-state index in [-0.39, 0.29) is 11.9 Å². The molecule has 0 unspecified atom stereocenters. The van der Waals surface area contributed by atoms with Gasteiger partial charge >= 0.3 is 5.97 Å². The summed E-state index contributed by atoms with van der Waals surface area (Å²) in [5.41, 5.74) is 0.993. The van der Waals surface area contributed by atoms with Crippen molar-refractivity contribution in [2.75, 3.05) is 6.61 Å². The summed E-state index contributed by atoms with van der Waals surface area (Å²) in [6, 6.07) is 0.484. The zero-order valence-electron chi connectivity index (χ0n) is 10.6. The van der Waals surface area contributed by atoms with Gasteiger partial charge in [0.05, 0.1) is 18.2 Å². The molecule has 0 aromatic carbocycles. The lowest BCUT2D eigenvalue weighted by Crippen LogP contribution is -2.35. The van der Waals surface area contributed by atoms with Crippen molar-refractivity contribution in [1.82, 2.24) is 14.9 Å². The lowest BCUT2D eigenvalue weighted by Gasteiger charge is -2.27. The van der Waals surface area contributed by atoms with Crippen molar-refractivity contribution in [3.05, 3.63) is 11.1 Å². The predicted molar refractivity (Wildman–Crippen MR) is 69.1 cm³/mol. The molecule has 0 amide bonds. The van der Waals surface area contributed by atoms with Gasteiger partial charge in [0.1, 0.15) is 0 Å². The third-order valence-electron chi connectivity index (χ3n) is 3.32. The topological polar surface area (TPSA) is 64.1 Å². The first-order valence-electron chi connectivity index (χ1n) is 6.45. The fourth-order valence-corrected chi connectivity index (χ4v) is 2.75. The Morgan fingerprint density at radius 1 is 1.50 bits per heavy atom. The smallest absolute Gasteiger partial charge is 0.308 e. The molecule has 5 nitrogen and oxygen atoms in total. The van der Waals surface area contributed by atoms with E-state index in [0.717, 1.165) is 37.9 Å². The van der Waals surface area contributed by atoms with E-state index >= 15 is 0 Å². The van der Waals surface area contributed by atoms with Crippen LogP contribution in [0.3, 0.4) is 0 Å². The van der Waals surface area contributed by atoms with Crippen LogP contribution in [0.5, 0.6) is 0 Å². The highest BCUT2D eigenvalue weighted by Gasteiger charge is 2.26. The molecule has 0 radical (unpaired) electrons. The number of carbonyl (C=O) groups is 1. The molecule has 1 aromatic rings. The Kier molecular flexibility index (Phi) is 5.07. The van der Waals surface area contributed by atoms with Gasteiger partial charge in [-0.15, -0.1) is 5.10 Å². The molecule has 1 aliphatic rings. The number of esters is 1. The second-order valence-electron chi connectivity index (χ2n) is 4.58. The van der Waals surface area contributed by atoms with Crippen LogP contribution >= 0.6 is 11.5 Å². The van der Waals surface area contributed by atoms with E-state index in [2.05, 4.69) is 14.9 Å². The minimum Gasteiger partial charge on any atom is -0.466 e. The maximum absolute atomic E-state index is 11.6. The van der Waals surface area contributed by atoms with Gasteiger partial charge in [-0.05, 0) is 44.1 Å². The van der Waals surface area contributed by atoms with E-state index in [9.17, 15) is 4.79 Å². The van der Waals surface area contributed by atoms with Gasteiger partial charge in [0.25, 0.3) is 0 Å². The summed E-state index contributed by atoms with van der Waals surface area (Å²) in [6.45, 7) is 3.10. The molecule has 1 saturated carbocycles. The molecule has 0 spiro atoms. The van der Waals surface area contributed by atoms with Crippen LogP contribution in [0.1, 0.15) is 38.3 Å². The standard InChI is InChI=1S/C12H19N3O2S/c1-2-17-12(16)9-3-5-10(6-4-9)13-7-11-8-18-15-14-11/h8-10,13H,2-7H2,1H3. The van der Waals surface area contributed by atoms with Crippen molar-refractivity contribution in [2.45, 2.75) is 45.2 Å². The van der Waals surface area contributed by atoms with Gasteiger partial charge in [-0.2, -0.15) is 0 Å². The molecule has 0 atom stereocenters. The maximum atomic E-state index is 11.6. The third-order valence-corrected chi connectivity index (χ3v) is 3.88. The Balaban J connectivity index is 1.68. The SMILES string of the molecule is CCOC(=O)C1CCC(NCc2csnn2)CC1. The van der Waals surface area contributed by atoms with Crippen LogP contribution in [-0.2, 0) is 16.1 Å². The van der Waals surface area contributed by atoms with Gasteiger partial charge in [-0.3, -0.25) is 4.79 Å². The summed E-state index contributed by atoms with van der Waals surface area (Å²) in [5, 5.41) is 9.42. The Labute approximate surface area is 111 Å². The zero-order valence-corrected chi connectivity index (χ0v) is 11.4. The van der Waals surface area contributed by atoms with Crippen molar-refractivity contribution in [3.63, 3.8) is 0 Å². The Bertz CT molecular complexity index is 361. The van der Waals surface area contributed by atoms with Crippen molar-refractivity contribution in [2.24, 2.45) is 5.92 Å². The summed E-state index contributed by atoms with van der Waals surface area (Å²) < 4.78 is 8.89. The van der Waals surface area contributed by atoms with E-state index in [0.29, 0.717) is 12.6 Å². The Morgan fingerprint density at radius 3 is 2.89 bits per heavy atom. The first-order chi connectivity index (χ1) is 8.79. The molecule has 1 aliphatic carbocycles. The van der Waals surface area contributed by atoms with Crippen molar-refractivity contribution < 1.29 is 9.53 Å². The molecule has 100 valence electrons. The van der Waals surface area contributed by atoms with Crippen LogP contribution < -0.4 is 5.32 Å². The molecule has 1 aromatic heterocycles. The molecule has 0 aliphatic heterocycles. The monoisotopic (exact) mass is 269 g/mol. The van der Waals surface area contributed by atoms with E-state index in [4.69, 9.17) is 4.74 Å². The molecule has 1 heterocycles. The van der Waals surface area contributed by atoms with Crippen molar-refractivity contribution >= 4 is 17.5 Å². The number of ether oxygens (including phenoxy) is 1. The number of rotatable bonds is 5. The van der Waals surface area contributed by atoms with Crippen LogP contribution in [0.2, 0.25) is 0 Å². The number of nitrogens with zero attached hydrogens (tertiary/aromatic N) is 2. The van der Waals surface area contributed by atoms with Gasteiger partial charge < -0.3 is 10.1 Å². The minimum atomic E-state index is -0.0281. The van der Waals surface area contributed by atoms with Gasteiger partial charge in [0.2, 0.25) is 0 Å². The van der Waals surface area contributed by atoms with E-state index < -0.39 is 0 Å². The van der Waals surface area contributed by atoms with Crippen LogP contribution in [0, 0.1) is 5.92 Å². The lowest BCUT2D eigenvalue weighted by atomic mass is 9.86. The molecular formula is C12H19N3O2S. The van der Waals surface area contributed by atoms with Crippen molar-refractivity contribution in [3.8, 4) is 0 Å². The lowest BCUT2D eigenvalue weighted by molar-refractivity contribution is -0.149. The van der Waals surface area contributed by atoms with Gasteiger partial charge in [-0.1, -0.05) is 4.49 Å². The summed E-state index contributed by atoms with van der Waals surface area (Å²) in [7, 11) is 0. The molecule has 1 fully saturated rings. The summed E-state index contributed by atoms with van der Waals surface area (Å²) in [6.07, 6.45) is 3.90.